The van der Waals surface area contributed by atoms with Gasteiger partial charge in [0.2, 0.25) is 5.91 Å². The summed E-state index contributed by atoms with van der Waals surface area (Å²) >= 11 is 7.46. The maximum Gasteiger partial charge on any atom is 0.224 e. The van der Waals surface area contributed by atoms with Gasteiger partial charge in [-0.3, -0.25) is 9.78 Å². The van der Waals surface area contributed by atoms with Crippen LogP contribution in [0.4, 0.5) is 5.69 Å². The highest BCUT2D eigenvalue weighted by Crippen LogP contribution is 2.22. The Morgan fingerprint density at radius 3 is 2.83 bits per heavy atom. The SMILES string of the molecule is O=C(CCc1nc(-c2ccncc2)cs1)Nc1cccc(Cl)c1. The quantitative estimate of drug-likeness (QED) is 0.745. The topological polar surface area (TPSA) is 54.9 Å². The third-order valence-electron chi connectivity index (χ3n) is 3.20. The maximum absolute atomic E-state index is 12.0. The monoisotopic (exact) mass is 343 g/mol. The Balaban J connectivity index is 1.56. The van der Waals surface area contributed by atoms with Crippen molar-refractivity contribution in [1.82, 2.24) is 9.97 Å². The fraction of sp³-hybridized carbons (Fsp3) is 0.118. The van der Waals surface area contributed by atoms with E-state index in [-0.39, 0.29) is 5.91 Å². The lowest BCUT2D eigenvalue weighted by Gasteiger charge is -2.04. The smallest absolute Gasteiger partial charge is 0.224 e. The number of rotatable bonds is 5. The molecule has 0 fully saturated rings. The Hall–Kier alpha value is -2.24. The predicted molar refractivity (Wildman–Crippen MR) is 93.7 cm³/mol. The van der Waals surface area contributed by atoms with E-state index >= 15 is 0 Å². The molecule has 0 aliphatic rings. The summed E-state index contributed by atoms with van der Waals surface area (Å²) in [5, 5.41) is 6.38. The van der Waals surface area contributed by atoms with Crippen molar-refractivity contribution in [2.75, 3.05) is 5.32 Å². The van der Waals surface area contributed by atoms with E-state index in [4.69, 9.17) is 11.6 Å². The van der Waals surface area contributed by atoms with E-state index in [1.54, 1.807) is 41.9 Å². The van der Waals surface area contributed by atoms with Crippen molar-refractivity contribution in [1.29, 1.82) is 0 Å². The Bertz CT molecular complexity index is 804. The zero-order chi connectivity index (χ0) is 16.1. The Morgan fingerprint density at radius 1 is 1.22 bits per heavy atom. The molecule has 2 aromatic heterocycles. The number of nitrogens with one attached hydrogen (secondary N) is 1. The van der Waals surface area contributed by atoms with Gasteiger partial charge < -0.3 is 5.32 Å². The Kier molecular flexibility index (Phi) is 5.00. The highest BCUT2D eigenvalue weighted by atomic mass is 35.5. The van der Waals surface area contributed by atoms with Crippen molar-refractivity contribution in [2.24, 2.45) is 0 Å². The minimum absolute atomic E-state index is 0.0482. The molecule has 0 unspecified atom stereocenters. The fourth-order valence-electron chi connectivity index (χ4n) is 2.09. The second kappa shape index (κ2) is 7.35. The number of anilines is 1. The molecule has 23 heavy (non-hydrogen) atoms. The summed E-state index contributed by atoms with van der Waals surface area (Å²) in [6, 6.07) is 11.0. The zero-order valence-electron chi connectivity index (χ0n) is 12.2. The zero-order valence-corrected chi connectivity index (χ0v) is 13.8. The average Bonchev–Trinajstić information content (AvgIpc) is 3.03. The van der Waals surface area contributed by atoms with Gasteiger partial charge in [-0.2, -0.15) is 0 Å². The van der Waals surface area contributed by atoms with E-state index in [1.807, 2.05) is 23.6 Å². The van der Waals surface area contributed by atoms with E-state index in [2.05, 4.69) is 15.3 Å². The summed E-state index contributed by atoms with van der Waals surface area (Å²) in [4.78, 5) is 20.5. The van der Waals surface area contributed by atoms with Crippen molar-refractivity contribution in [3.63, 3.8) is 0 Å². The number of nitrogens with zero attached hydrogens (tertiary/aromatic N) is 2. The van der Waals surface area contributed by atoms with Gasteiger partial charge in [0.25, 0.3) is 0 Å². The minimum Gasteiger partial charge on any atom is -0.326 e. The van der Waals surface area contributed by atoms with E-state index in [0.29, 0.717) is 23.6 Å². The lowest BCUT2D eigenvalue weighted by atomic mass is 10.2. The third-order valence-corrected chi connectivity index (χ3v) is 4.35. The number of aryl methyl sites for hydroxylation is 1. The molecule has 6 heteroatoms. The molecule has 3 rings (SSSR count). The first-order valence-electron chi connectivity index (χ1n) is 7.11. The van der Waals surface area contributed by atoms with Crippen LogP contribution < -0.4 is 5.32 Å². The Morgan fingerprint density at radius 2 is 2.04 bits per heavy atom. The molecule has 4 nitrogen and oxygen atoms in total. The molecule has 0 radical (unpaired) electrons. The molecule has 0 saturated carbocycles. The summed E-state index contributed by atoms with van der Waals surface area (Å²) in [5.74, 6) is -0.0482. The van der Waals surface area contributed by atoms with Gasteiger partial charge >= 0.3 is 0 Å². The highest BCUT2D eigenvalue weighted by Gasteiger charge is 2.08. The molecule has 0 bridgehead atoms. The number of thiazole rings is 1. The first-order chi connectivity index (χ1) is 11.2. The molecule has 0 aliphatic carbocycles. The van der Waals surface area contributed by atoms with Gasteiger partial charge in [-0.25, -0.2) is 4.98 Å². The van der Waals surface area contributed by atoms with Gasteiger partial charge in [0.05, 0.1) is 10.7 Å². The van der Waals surface area contributed by atoms with Crippen LogP contribution >= 0.6 is 22.9 Å². The molecule has 0 atom stereocenters. The van der Waals surface area contributed by atoms with E-state index < -0.39 is 0 Å². The average molecular weight is 344 g/mol. The van der Waals surface area contributed by atoms with E-state index in [0.717, 1.165) is 16.3 Å². The number of carbonyl (C=O) groups excluding carboxylic acids is 1. The van der Waals surface area contributed by atoms with Gasteiger partial charge in [-0.1, -0.05) is 17.7 Å². The van der Waals surface area contributed by atoms with Crippen LogP contribution in [0.5, 0.6) is 0 Å². The molecule has 0 aliphatic heterocycles. The first-order valence-corrected chi connectivity index (χ1v) is 8.37. The number of aromatic nitrogens is 2. The van der Waals surface area contributed by atoms with Gasteiger partial charge in [0.1, 0.15) is 0 Å². The molecule has 1 amide bonds. The lowest BCUT2D eigenvalue weighted by Crippen LogP contribution is -2.12. The van der Waals surface area contributed by atoms with Crippen LogP contribution in [-0.4, -0.2) is 15.9 Å². The number of amides is 1. The van der Waals surface area contributed by atoms with Gasteiger partial charge in [-0.05, 0) is 30.3 Å². The minimum atomic E-state index is -0.0482. The number of carbonyl (C=O) groups is 1. The number of halogens is 1. The predicted octanol–water partition coefficient (Wildman–Crippen LogP) is 4.43. The van der Waals surface area contributed by atoms with Gasteiger partial charge in [-0.15, -0.1) is 11.3 Å². The number of benzene rings is 1. The number of hydrogen-bond donors (Lipinski definition) is 1. The molecule has 0 spiro atoms. The van der Waals surface area contributed by atoms with Crippen molar-refractivity contribution < 1.29 is 4.79 Å². The number of pyridine rings is 1. The van der Waals surface area contributed by atoms with E-state index in [9.17, 15) is 4.79 Å². The van der Waals surface area contributed by atoms with Crippen LogP contribution in [0, 0.1) is 0 Å². The molecule has 2 heterocycles. The van der Waals surface area contributed by atoms with Crippen LogP contribution in [0.1, 0.15) is 11.4 Å². The second-order valence-electron chi connectivity index (χ2n) is 4.92. The summed E-state index contributed by atoms with van der Waals surface area (Å²) < 4.78 is 0. The molecule has 0 saturated heterocycles. The number of hydrogen-bond acceptors (Lipinski definition) is 4. The molecule has 1 N–H and O–H groups in total. The fourth-order valence-corrected chi connectivity index (χ4v) is 3.09. The first kappa shape index (κ1) is 15.6. The molecule has 3 aromatic rings. The molecule has 116 valence electrons. The van der Waals surface area contributed by atoms with Gasteiger partial charge in [0.15, 0.2) is 0 Å². The highest BCUT2D eigenvalue weighted by molar-refractivity contribution is 7.09. The van der Waals surface area contributed by atoms with Crippen molar-refractivity contribution in [3.05, 3.63) is 64.2 Å². The van der Waals surface area contributed by atoms with Gasteiger partial charge in [0, 0.05) is 46.9 Å². The van der Waals surface area contributed by atoms with Crippen molar-refractivity contribution in [2.45, 2.75) is 12.8 Å². The largest absolute Gasteiger partial charge is 0.326 e. The van der Waals surface area contributed by atoms with Crippen LogP contribution in [0.25, 0.3) is 11.3 Å². The van der Waals surface area contributed by atoms with Crippen LogP contribution in [0.15, 0.2) is 54.2 Å². The summed E-state index contributed by atoms with van der Waals surface area (Å²) in [7, 11) is 0. The third kappa shape index (κ3) is 4.37. The lowest BCUT2D eigenvalue weighted by molar-refractivity contribution is -0.116. The molecular formula is C17H14ClN3OS. The second-order valence-corrected chi connectivity index (χ2v) is 6.30. The van der Waals surface area contributed by atoms with Crippen LogP contribution in [0.3, 0.4) is 0 Å². The normalized spacial score (nSPS) is 10.5. The summed E-state index contributed by atoms with van der Waals surface area (Å²) in [6.45, 7) is 0. The maximum atomic E-state index is 12.0. The van der Waals surface area contributed by atoms with Crippen LogP contribution in [0.2, 0.25) is 5.02 Å². The molecule has 1 aromatic carbocycles. The van der Waals surface area contributed by atoms with Crippen molar-refractivity contribution >= 4 is 34.5 Å². The summed E-state index contributed by atoms with van der Waals surface area (Å²) in [6.07, 6.45) is 4.48. The Labute approximate surface area is 143 Å². The summed E-state index contributed by atoms with van der Waals surface area (Å²) in [5.41, 5.74) is 2.66. The standard InChI is InChI=1S/C17H14ClN3OS/c18-13-2-1-3-14(10-13)20-16(22)4-5-17-21-15(11-23-17)12-6-8-19-9-7-12/h1-3,6-11H,4-5H2,(H,20,22). The van der Waals surface area contributed by atoms with Crippen LogP contribution in [-0.2, 0) is 11.2 Å². The molecular weight excluding hydrogens is 330 g/mol. The van der Waals surface area contributed by atoms with E-state index in [1.165, 1.54) is 0 Å². The van der Waals surface area contributed by atoms with Crippen molar-refractivity contribution in [3.8, 4) is 11.3 Å².